The summed E-state index contributed by atoms with van der Waals surface area (Å²) in [6, 6.07) is 30.7. The van der Waals surface area contributed by atoms with Crippen LogP contribution >= 0.6 is 0 Å². The lowest BCUT2D eigenvalue weighted by atomic mass is 9.86. The van der Waals surface area contributed by atoms with Crippen molar-refractivity contribution in [3.8, 4) is 0 Å². The fourth-order valence-electron chi connectivity index (χ4n) is 3.59. The van der Waals surface area contributed by atoms with E-state index in [-0.39, 0.29) is 0 Å². The lowest BCUT2D eigenvalue weighted by Gasteiger charge is -2.34. The predicted octanol–water partition coefficient (Wildman–Crippen LogP) is 5.15. The Morgan fingerprint density at radius 1 is 0.667 bits per heavy atom. The molecule has 1 saturated carbocycles. The average molecular weight is 332 g/mol. The molecule has 3 aromatic rings. The molecule has 3 aromatic carbocycles. The molecule has 0 aromatic heterocycles. The van der Waals surface area contributed by atoms with Gasteiger partial charge in [0.1, 0.15) is 4.75 Å². The molecule has 24 heavy (non-hydrogen) atoms. The third-order valence-corrected chi connectivity index (χ3v) is 6.90. The summed E-state index contributed by atoms with van der Waals surface area (Å²) in [5, 5.41) is 0. The van der Waals surface area contributed by atoms with Crippen molar-refractivity contribution < 1.29 is 4.21 Å². The quantitative estimate of drug-likeness (QED) is 0.631. The zero-order valence-corrected chi connectivity index (χ0v) is 14.3. The van der Waals surface area contributed by atoms with Crippen molar-refractivity contribution in [3.63, 3.8) is 0 Å². The summed E-state index contributed by atoms with van der Waals surface area (Å²) >= 11 is 0. The first kappa shape index (κ1) is 15.3. The molecule has 1 aliphatic rings. The fraction of sp³-hybridized carbons (Fsp3) is 0.182. The summed E-state index contributed by atoms with van der Waals surface area (Å²) in [5.41, 5.74) is 2.31. The second-order valence-electron chi connectivity index (χ2n) is 6.32. The molecule has 1 atom stereocenters. The van der Waals surface area contributed by atoms with Crippen LogP contribution in [0.15, 0.2) is 95.9 Å². The van der Waals surface area contributed by atoms with Gasteiger partial charge in [-0.2, -0.15) is 0 Å². The van der Waals surface area contributed by atoms with Gasteiger partial charge in [-0.1, -0.05) is 78.9 Å². The van der Waals surface area contributed by atoms with Crippen LogP contribution in [0.3, 0.4) is 0 Å². The normalized spacial score (nSPS) is 15.8. The minimum absolute atomic E-state index is 0.420. The van der Waals surface area contributed by atoms with E-state index in [9.17, 15) is 4.21 Å². The Bertz CT molecular complexity index is 784. The van der Waals surface area contributed by atoms with E-state index in [4.69, 9.17) is 0 Å². The number of benzene rings is 3. The molecule has 0 amide bonds. The monoisotopic (exact) mass is 332 g/mol. The highest BCUT2D eigenvalue weighted by atomic mass is 32.2. The van der Waals surface area contributed by atoms with Crippen molar-refractivity contribution in [1.82, 2.24) is 0 Å². The van der Waals surface area contributed by atoms with Gasteiger partial charge in [-0.15, -0.1) is 0 Å². The van der Waals surface area contributed by atoms with Crippen LogP contribution in [-0.4, -0.2) is 4.21 Å². The molecule has 0 aliphatic heterocycles. The Morgan fingerprint density at radius 2 is 1.08 bits per heavy atom. The lowest BCUT2D eigenvalue weighted by molar-refractivity contribution is 0.589. The molecule has 0 spiro atoms. The summed E-state index contributed by atoms with van der Waals surface area (Å²) in [7, 11) is -1.15. The van der Waals surface area contributed by atoms with Crippen LogP contribution in [-0.2, 0) is 15.5 Å². The summed E-state index contributed by atoms with van der Waals surface area (Å²) in [5.74, 6) is 0.420. The summed E-state index contributed by atoms with van der Waals surface area (Å²) in [6.45, 7) is 0. The van der Waals surface area contributed by atoms with Crippen molar-refractivity contribution >= 4 is 10.8 Å². The van der Waals surface area contributed by atoms with Gasteiger partial charge in [-0.25, -0.2) is 0 Å². The molecule has 0 heterocycles. The fourth-order valence-corrected chi connectivity index (χ4v) is 5.61. The van der Waals surface area contributed by atoms with E-state index in [2.05, 4.69) is 48.5 Å². The first-order chi connectivity index (χ1) is 11.8. The Balaban J connectivity index is 1.97. The van der Waals surface area contributed by atoms with E-state index in [0.29, 0.717) is 5.92 Å². The third kappa shape index (κ3) is 2.51. The van der Waals surface area contributed by atoms with E-state index in [1.165, 1.54) is 0 Å². The van der Waals surface area contributed by atoms with Gasteiger partial charge in [0.05, 0.1) is 10.8 Å². The average Bonchev–Trinajstić information content (AvgIpc) is 3.50. The smallest absolute Gasteiger partial charge is 0.103 e. The zero-order chi connectivity index (χ0) is 16.4. The topological polar surface area (TPSA) is 17.1 Å². The van der Waals surface area contributed by atoms with Gasteiger partial charge >= 0.3 is 0 Å². The van der Waals surface area contributed by atoms with Crippen LogP contribution in [0.4, 0.5) is 0 Å². The summed E-state index contributed by atoms with van der Waals surface area (Å²) in [6.07, 6.45) is 2.25. The largest absolute Gasteiger partial charge is 0.253 e. The second kappa shape index (κ2) is 6.37. The molecule has 0 N–H and O–H groups in total. The minimum Gasteiger partial charge on any atom is -0.253 e. The van der Waals surface area contributed by atoms with Crippen LogP contribution in [0.5, 0.6) is 0 Å². The Kier molecular flexibility index (Phi) is 4.07. The molecular formula is C22H20OS. The van der Waals surface area contributed by atoms with Crippen LogP contribution in [0.25, 0.3) is 0 Å². The van der Waals surface area contributed by atoms with Gasteiger partial charge in [-0.3, -0.25) is 4.21 Å². The number of hydrogen-bond donors (Lipinski definition) is 0. The van der Waals surface area contributed by atoms with Crippen LogP contribution in [0.1, 0.15) is 24.0 Å². The van der Waals surface area contributed by atoms with Crippen LogP contribution in [0, 0.1) is 5.92 Å². The minimum atomic E-state index is -1.15. The predicted molar refractivity (Wildman–Crippen MR) is 99.2 cm³/mol. The molecule has 1 nitrogen and oxygen atoms in total. The van der Waals surface area contributed by atoms with Crippen molar-refractivity contribution in [1.29, 1.82) is 0 Å². The lowest BCUT2D eigenvalue weighted by Crippen LogP contribution is -2.35. The molecule has 0 radical (unpaired) electrons. The molecular weight excluding hydrogens is 312 g/mol. The van der Waals surface area contributed by atoms with Crippen molar-refractivity contribution in [2.75, 3.05) is 0 Å². The third-order valence-electron chi connectivity index (χ3n) is 4.81. The molecule has 0 saturated heterocycles. The molecule has 1 unspecified atom stereocenters. The molecule has 2 heteroatoms. The molecule has 0 bridgehead atoms. The van der Waals surface area contributed by atoms with E-state index < -0.39 is 15.5 Å². The standard InChI is InChI=1S/C22H20OS/c23-24(21-14-8-3-9-15-21)22(20-16-17-20,18-10-4-1-5-11-18)19-12-6-2-7-13-19/h1-15,20H,16-17H2. The molecule has 1 aliphatic carbocycles. The van der Waals surface area contributed by atoms with E-state index in [1.54, 1.807) is 0 Å². The van der Waals surface area contributed by atoms with Crippen molar-refractivity contribution in [2.24, 2.45) is 5.92 Å². The van der Waals surface area contributed by atoms with Crippen molar-refractivity contribution in [3.05, 3.63) is 102 Å². The molecule has 120 valence electrons. The van der Waals surface area contributed by atoms with Gasteiger partial charge in [-0.05, 0) is 42.0 Å². The maximum absolute atomic E-state index is 13.9. The Morgan fingerprint density at radius 3 is 1.50 bits per heavy atom. The number of rotatable bonds is 5. The molecule has 4 rings (SSSR count). The van der Waals surface area contributed by atoms with E-state index in [1.807, 2.05) is 42.5 Å². The van der Waals surface area contributed by atoms with E-state index in [0.717, 1.165) is 28.9 Å². The van der Waals surface area contributed by atoms with Crippen molar-refractivity contribution in [2.45, 2.75) is 22.5 Å². The second-order valence-corrected chi connectivity index (χ2v) is 7.98. The maximum Gasteiger partial charge on any atom is 0.103 e. The molecule has 1 fully saturated rings. The van der Waals surface area contributed by atoms with Gasteiger partial charge in [0.25, 0.3) is 0 Å². The maximum atomic E-state index is 13.9. The Labute approximate surface area is 145 Å². The van der Waals surface area contributed by atoms with Gasteiger partial charge in [0.15, 0.2) is 0 Å². The van der Waals surface area contributed by atoms with Gasteiger partial charge in [0, 0.05) is 4.90 Å². The highest BCUT2D eigenvalue weighted by Gasteiger charge is 2.52. The summed E-state index contributed by atoms with van der Waals surface area (Å²) < 4.78 is 13.4. The SMILES string of the molecule is O=S(c1ccccc1)C(c1ccccc1)(c1ccccc1)C1CC1. The first-order valence-corrected chi connectivity index (χ1v) is 9.56. The van der Waals surface area contributed by atoms with Crippen LogP contribution in [0.2, 0.25) is 0 Å². The highest BCUT2D eigenvalue weighted by molar-refractivity contribution is 7.86. The number of hydrogen-bond acceptors (Lipinski definition) is 1. The highest BCUT2D eigenvalue weighted by Crippen LogP contribution is 2.54. The first-order valence-electron chi connectivity index (χ1n) is 8.41. The van der Waals surface area contributed by atoms with Crippen LogP contribution < -0.4 is 0 Å². The Hall–Kier alpha value is -2.19. The van der Waals surface area contributed by atoms with E-state index >= 15 is 0 Å². The van der Waals surface area contributed by atoms with Gasteiger partial charge in [0.2, 0.25) is 0 Å². The van der Waals surface area contributed by atoms with Gasteiger partial charge < -0.3 is 0 Å². The summed E-state index contributed by atoms with van der Waals surface area (Å²) in [4.78, 5) is 0.900. The zero-order valence-electron chi connectivity index (χ0n) is 13.5.